The number of rotatable bonds is 6. The molecule has 3 aromatic rings. The van der Waals surface area contributed by atoms with Crippen molar-refractivity contribution in [2.75, 3.05) is 24.4 Å². The van der Waals surface area contributed by atoms with E-state index in [0.29, 0.717) is 29.3 Å². The molecule has 0 fully saturated rings. The van der Waals surface area contributed by atoms with Gasteiger partial charge in [-0.2, -0.15) is 0 Å². The second-order valence-electron chi connectivity index (χ2n) is 6.14. The number of anilines is 2. The number of carbonyl (C=O) groups is 2. The third-order valence-electron chi connectivity index (χ3n) is 4.07. The fourth-order valence-corrected chi connectivity index (χ4v) is 2.57. The molecular formula is C21H20N4O3. The standard InChI is InChI=1S/C21H20N4O3/c1-25(14-15-6-4-3-5-7-15)21-22-12-17(13-23-21)19(26)24-18-10-8-16(9-11-18)20(27)28-2/h3-13H,14H2,1-2H3,(H,24,26). The van der Waals surface area contributed by atoms with Crippen LogP contribution >= 0.6 is 0 Å². The molecule has 0 radical (unpaired) electrons. The summed E-state index contributed by atoms with van der Waals surface area (Å²) in [6, 6.07) is 16.4. The number of amides is 1. The molecule has 0 atom stereocenters. The lowest BCUT2D eigenvalue weighted by Crippen LogP contribution is -2.20. The van der Waals surface area contributed by atoms with Gasteiger partial charge in [-0.3, -0.25) is 4.79 Å². The molecule has 0 bridgehead atoms. The molecule has 1 N–H and O–H groups in total. The molecule has 142 valence electrons. The third-order valence-corrected chi connectivity index (χ3v) is 4.07. The van der Waals surface area contributed by atoms with Crippen LogP contribution in [0.4, 0.5) is 11.6 Å². The van der Waals surface area contributed by atoms with Crippen LogP contribution in [0.3, 0.4) is 0 Å². The maximum atomic E-state index is 12.4. The van der Waals surface area contributed by atoms with Gasteiger partial charge in [-0.05, 0) is 29.8 Å². The van der Waals surface area contributed by atoms with Crippen molar-refractivity contribution in [2.45, 2.75) is 6.54 Å². The zero-order chi connectivity index (χ0) is 19.9. The van der Waals surface area contributed by atoms with Gasteiger partial charge in [-0.1, -0.05) is 30.3 Å². The summed E-state index contributed by atoms with van der Waals surface area (Å²) in [5, 5.41) is 2.75. The van der Waals surface area contributed by atoms with Crippen molar-refractivity contribution in [3.63, 3.8) is 0 Å². The van der Waals surface area contributed by atoms with E-state index in [1.807, 2.05) is 42.3 Å². The molecule has 0 unspecified atom stereocenters. The van der Waals surface area contributed by atoms with E-state index in [2.05, 4.69) is 20.0 Å². The van der Waals surface area contributed by atoms with E-state index in [1.54, 1.807) is 24.3 Å². The molecule has 2 aromatic carbocycles. The molecule has 3 rings (SSSR count). The Morgan fingerprint density at radius 3 is 2.21 bits per heavy atom. The molecule has 0 aliphatic rings. The Balaban J connectivity index is 1.62. The maximum Gasteiger partial charge on any atom is 0.337 e. The average Bonchev–Trinajstić information content (AvgIpc) is 2.74. The minimum Gasteiger partial charge on any atom is -0.465 e. The van der Waals surface area contributed by atoms with Crippen molar-refractivity contribution in [1.29, 1.82) is 0 Å². The summed E-state index contributed by atoms with van der Waals surface area (Å²) in [6.07, 6.45) is 2.98. The number of methoxy groups -OCH3 is 1. The number of nitrogens with zero attached hydrogens (tertiary/aromatic N) is 3. The zero-order valence-corrected chi connectivity index (χ0v) is 15.6. The smallest absolute Gasteiger partial charge is 0.337 e. The lowest BCUT2D eigenvalue weighted by molar-refractivity contribution is 0.0600. The fraction of sp³-hybridized carbons (Fsp3) is 0.143. The molecule has 1 aromatic heterocycles. The van der Waals surface area contributed by atoms with Crippen molar-refractivity contribution in [2.24, 2.45) is 0 Å². The first kappa shape index (κ1) is 19.0. The lowest BCUT2D eigenvalue weighted by Gasteiger charge is -2.17. The second kappa shape index (κ2) is 8.77. The van der Waals surface area contributed by atoms with Gasteiger partial charge in [-0.15, -0.1) is 0 Å². The number of ether oxygens (including phenoxy) is 1. The van der Waals surface area contributed by atoms with Gasteiger partial charge in [0.25, 0.3) is 5.91 Å². The summed E-state index contributed by atoms with van der Waals surface area (Å²) < 4.78 is 4.65. The topological polar surface area (TPSA) is 84.4 Å². The van der Waals surface area contributed by atoms with Crippen LogP contribution in [0.15, 0.2) is 67.0 Å². The number of aromatic nitrogens is 2. The van der Waals surface area contributed by atoms with Crippen molar-refractivity contribution in [1.82, 2.24) is 9.97 Å². The molecule has 0 spiro atoms. The van der Waals surface area contributed by atoms with Crippen molar-refractivity contribution < 1.29 is 14.3 Å². The summed E-state index contributed by atoms with van der Waals surface area (Å²) >= 11 is 0. The number of hydrogen-bond donors (Lipinski definition) is 1. The molecule has 1 amide bonds. The van der Waals surface area contributed by atoms with Gasteiger partial charge in [0.05, 0.1) is 18.2 Å². The number of nitrogens with one attached hydrogen (secondary N) is 1. The van der Waals surface area contributed by atoms with E-state index in [0.717, 1.165) is 5.56 Å². The molecule has 7 heteroatoms. The largest absolute Gasteiger partial charge is 0.465 e. The van der Waals surface area contributed by atoms with E-state index < -0.39 is 5.97 Å². The molecule has 28 heavy (non-hydrogen) atoms. The van der Waals surface area contributed by atoms with Gasteiger partial charge < -0.3 is 15.0 Å². The highest BCUT2D eigenvalue weighted by Crippen LogP contribution is 2.13. The number of benzene rings is 2. The van der Waals surface area contributed by atoms with Crippen molar-refractivity contribution in [3.05, 3.63) is 83.7 Å². The van der Waals surface area contributed by atoms with E-state index >= 15 is 0 Å². The lowest BCUT2D eigenvalue weighted by atomic mass is 10.2. The molecule has 7 nitrogen and oxygen atoms in total. The van der Waals surface area contributed by atoms with E-state index in [4.69, 9.17) is 0 Å². The van der Waals surface area contributed by atoms with Crippen LogP contribution in [0, 0.1) is 0 Å². The summed E-state index contributed by atoms with van der Waals surface area (Å²) in [5.41, 5.74) is 2.46. The van der Waals surface area contributed by atoms with E-state index in [9.17, 15) is 9.59 Å². The monoisotopic (exact) mass is 376 g/mol. The first-order chi connectivity index (χ1) is 13.6. The van der Waals surface area contributed by atoms with E-state index in [-0.39, 0.29) is 5.91 Å². The quantitative estimate of drug-likeness (QED) is 0.665. The Morgan fingerprint density at radius 1 is 0.964 bits per heavy atom. The van der Waals surface area contributed by atoms with Gasteiger partial charge in [0.2, 0.25) is 5.95 Å². The van der Waals surface area contributed by atoms with Crippen LogP contribution in [-0.2, 0) is 11.3 Å². The van der Waals surface area contributed by atoms with Gasteiger partial charge >= 0.3 is 5.97 Å². The highest BCUT2D eigenvalue weighted by atomic mass is 16.5. The number of hydrogen-bond acceptors (Lipinski definition) is 6. The highest BCUT2D eigenvalue weighted by Gasteiger charge is 2.11. The fourth-order valence-electron chi connectivity index (χ4n) is 2.57. The van der Waals surface area contributed by atoms with Crippen LogP contribution in [0.2, 0.25) is 0 Å². The summed E-state index contributed by atoms with van der Waals surface area (Å²) in [5.74, 6) is -0.229. The average molecular weight is 376 g/mol. The van der Waals surface area contributed by atoms with Crippen LogP contribution in [0.1, 0.15) is 26.3 Å². The van der Waals surface area contributed by atoms with Crippen LogP contribution in [-0.4, -0.2) is 36.0 Å². The van der Waals surface area contributed by atoms with Crippen LogP contribution in [0.5, 0.6) is 0 Å². The van der Waals surface area contributed by atoms with Gasteiger partial charge in [-0.25, -0.2) is 14.8 Å². The SMILES string of the molecule is COC(=O)c1ccc(NC(=O)c2cnc(N(C)Cc3ccccc3)nc2)cc1. The molecule has 0 aliphatic carbocycles. The van der Waals surface area contributed by atoms with Gasteiger partial charge in [0, 0.05) is 31.7 Å². The first-order valence-corrected chi connectivity index (χ1v) is 8.63. The summed E-state index contributed by atoms with van der Waals surface area (Å²) in [7, 11) is 3.21. The number of carbonyl (C=O) groups excluding carboxylic acids is 2. The Labute approximate surface area is 163 Å². The molecule has 0 saturated carbocycles. The minimum absolute atomic E-state index is 0.330. The number of esters is 1. The molecule has 0 saturated heterocycles. The predicted molar refractivity (Wildman–Crippen MR) is 106 cm³/mol. The molecule has 0 aliphatic heterocycles. The highest BCUT2D eigenvalue weighted by molar-refractivity contribution is 6.04. The summed E-state index contributed by atoms with van der Waals surface area (Å²) in [4.78, 5) is 34.3. The predicted octanol–water partition coefficient (Wildman–Crippen LogP) is 3.15. The third kappa shape index (κ3) is 4.70. The summed E-state index contributed by atoms with van der Waals surface area (Å²) in [6.45, 7) is 0.666. The van der Waals surface area contributed by atoms with Crippen LogP contribution < -0.4 is 10.2 Å². The first-order valence-electron chi connectivity index (χ1n) is 8.63. The second-order valence-corrected chi connectivity index (χ2v) is 6.14. The minimum atomic E-state index is -0.429. The maximum absolute atomic E-state index is 12.4. The van der Waals surface area contributed by atoms with Crippen molar-refractivity contribution >= 4 is 23.5 Å². The Hall–Kier alpha value is -3.74. The molecular weight excluding hydrogens is 356 g/mol. The normalized spacial score (nSPS) is 10.2. The van der Waals surface area contributed by atoms with Crippen LogP contribution in [0.25, 0.3) is 0 Å². The Bertz CT molecular complexity index is 942. The zero-order valence-electron chi connectivity index (χ0n) is 15.6. The van der Waals surface area contributed by atoms with Gasteiger partial charge in [0.15, 0.2) is 0 Å². The molecule has 1 heterocycles. The van der Waals surface area contributed by atoms with Crippen molar-refractivity contribution in [3.8, 4) is 0 Å². The van der Waals surface area contributed by atoms with E-state index in [1.165, 1.54) is 19.5 Å². The van der Waals surface area contributed by atoms with Gasteiger partial charge in [0.1, 0.15) is 0 Å². The Kier molecular flexibility index (Phi) is 5.96. The Morgan fingerprint density at radius 2 is 1.61 bits per heavy atom.